The summed E-state index contributed by atoms with van der Waals surface area (Å²) >= 11 is 6.03. The second-order valence-electron chi connectivity index (χ2n) is 5.61. The lowest BCUT2D eigenvalue weighted by atomic mass is 9.92. The van der Waals surface area contributed by atoms with Gasteiger partial charge in [-0.15, -0.1) is 0 Å². The van der Waals surface area contributed by atoms with E-state index in [0.29, 0.717) is 6.54 Å². The SMILES string of the molecule is CCCN(C1CCC(N)CC1)S(=O)(=O)c1c(Cl)cnn1C. The molecule has 120 valence electrons. The van der Waals surface area contributed by atoms with Crippen LogP contribution in [0.2, 0.25) is 5.02 Å². The maximum atomic E-state index is 13.0. The van der Waals surface area contributed by atoms with Crippen LogP contribution in [-0.2, 0) is 17.1 Å². The Hall–Kier alpha value is -0.630. The maximum absolute atomic E-state index is 13.0. The van der Waals surface area contributed by atoms with Crippen LogP contribution in [0, 0.1) is 0 Å². The van der Waals surface area contributed by atoms with Gasteiger partial charge < -0.3 is 5.73 Å². The van der Waals surface area contributed by atoms with Gasteiger partial charge in [-0.05, 0) is 32.1 Å². The average Bonchev–Trinajstić information content (AvgIpc) is 2.77. The third kappa shape index (κ3) is 3.41. The van der Waals surface area contributed by atoms with Crippen LogP contribution in [0.3, 0.4) is 0 Å². The highest BCUT2D eigenvalue weighted by molar-refractivity contribution is 7.89. The Morgan fingerprint density at radius 2 is 2.05 bits per heavy atom. The molecule has 0 spiro atoms. The van der Waals surface area contributed by atoms with Crippen LogP contribution in [-0.4, -0.2) is 41.1 Å². The molecule has 1 aromatic heterocycles. The van der Waals surface area contributed by atoms with E-state index in [1.54, 1.807) is 11.4 Å². The molecule has 21 heavy (non-hydrogen) atoms. The molecule has 2 rings (SSSR count). The van der Waals surface area contributed by atoms with Gasteiger partial charge in [0.2, 0.25) is 0 Å². The van der Waals surface area contributed by atoms with Gasteiger partial charge in [0.25, 0.3) is 10.0 Å². The number of nitrogens with zero attached hydrogens (tertiary/aromatic N) is 3. The molecule has 0 unspecified atom stereocenters. The number of rotatable bonds is 5. The molecule has 2 N–H and O–H groups in total. The van der Waals surface area contributed by atoms with Crippen LogP contribution >= 0.6 is 11.6 Å². The predicted octanol–water partition coefficient (Wildman–Crippen LogP) is 1.74. The van der Waals surface area contributed by atoms with Crippen molar-refractivity contribution in [3.63, 3.8) is 0 Å². The van der Waals surface area contributed by atoms with E-state index in [1.165, 1.54) is 10.9 Å². The molecule has 0 saturated heterocycles. The van der Waals surface area contributed by atoms with Crippen molar-refractivity contribution in [2.75, 3.05) is 6.54 Å². The summed E-state index contributed by atoms with van der Waals surface area (Å²) in [5.41, 5.74) is 5.92. The van der Waals surface area contributed by atoms with Crippen LogP contribution in [0.25, 0.3) is 0 Å². The van der Waals surface area contributed by atoms with Crippen LogP contribution in [0.5, 0.6) is 0 Å². The zero-order valence-electron chi connectivity index (χ0n) is 12.5. The molecule has 0 atom stereocenters. The number of hydrogen-bond acceptors (Lipinski definition) is 4. The fourth-order valence-corrected chi connectivity index (χ4v) is 5.30. The van der Waals surface area contributed by atoms with Gasteiger partial charge in [-0.2, -0.15) is 9.40 Å². The van der Waals surface area contributed by atoms with Gasteiger partial charge in [-0.3, -0.25) is 4.68 Å². The number of aromatic nitrogens is 2. The first-order valence-corrected chi connectivity index (χ1v) is 9.14. The summed E-state index contributed by atoms with van der Waals surface area (Å²) in [6, 6.07) is 0.188. The zero-order chi connectivity index (χ0) is 15.6. The summed E-state index contributed by atoms with van der Waals surface area (Å²) in [5.74, 6) is 0. The van der Waals surface area contributed by atoms with E-state index in [-0.39, 0.29) is 22.1 Å². The third-order valence-corrected chi connectivity index (χ3v) is 6.45. The van der Waals surface area contributed by atoms with E-state index in [9.17, 15) is 8.42 Å². The van der Waals surface area contributed by atoms with Crippen molar-refractivity contribution in [1.29, 1.82) is 0 Å². The predicted molar refractivity (Wildman–Crippen MR) is 82.6 cm³/mol. The Kier molecular flexibility index (Phi) is 5.29. The molecule has 1 aromatic rings. The minimum atomic E-state index is -3.64. The molecular weight excluding hydrogens is 312 g/mol. The van der Waals surface area contributed by atoms with Crippen molar-refractivity contribution < 1.29 is 8.42 Å². The average molecular weight is 335 g/mol. The van der Waals surface area contributed by atoms with Crippen molar-refractivity contribution >= 4 is 21.6 Å². The smallest absolute Gasteiger partial charge is 0.261 e. The molecule has 0 radical (unpaired) electrons. The van der Waals surface area contributed by atoms with Crippen LogP contribution in [0.15, 0.2) is 11.2 Å². The molecule has 0 aromatic carbocycles. The highest BCUT2D eigenvalue weighted by Gasteiger charge is 2.36. The number of nitrogens with two attached hydrogens (primary N) is 1. The Bertz CT molecular complexity index is 559. The number of halogens is 1. The zero-order valence-corrected chi connectivity index (χ0v) is 14.1. The van der Waals surface area contributed by atoms with Gasteiger partial charge >= 0.3 is 0 Å². The molecule has 6 nitrogen and oxygen atoms in total. The number of hydrogen-bond donors (Lipinski definition) is 1. The van der Waals surface area contributed by atoms with Crippen molar-refractivity contribution in [2.24, 2.45) is 12.8 Å². The summed E-state index contributed by atoms with van der Waals surface area (Å²) in [7, 11) is -2.04. The highest BCUT2D eigenvalue weighted by atomic mass is 35.5. The van der Waals surface area contributed by atoms with Crippen LogP contribution < -0.4 is 5.73 Å². The molecule has 8 heteroatoms. The fourth-order valence-electron chi connectivity index (χ4n) is 2.91. The first kappa shape index (κ1) is 16.7. The Labute approximate surface area is 131 Å². The first-order chi connectivity index (χ1) is 9.87. The summed E-state index contributed by atoms with van der Waals surface area (Å²) < 4.78 is 28.8. The van der Waals surface area contributed by atoms with Gasteiger partial charge in [0, 0.05) is 25.7 Å². The van der Waals surface area contributed by atoms with Gasteiger partial charge in [-0.25, -0.2) is 8.42 Å². The molecule has 1 aliphatic rings. The van der Waals surface area contributed by atoms with Crippen LogP contribution in [0.4, 0.5) is 0 Å². The molecule has 1 fully saturated rings. The van der Waals surface area contributed by atoms with Gasteiger partial charge in [0.05, 0.1) is 11.2 Å². The molecular formula is C13H23ClN4O2S. The van der Waals surface area contributed by atoms with E-state index < -0.39 is 10.0 Å². The first-order valence-electron chi connectivity index (χ1n) is 7.32. The molecule has 0 aliphatic heterocycles. The summed E-state index contributed by atoms with van der Waals surface area (Å²) in [6.45, 7) is 2.46. The maximum Gasteiger partial charge on any atom is 0.261 e. The van der Waals surface area contributed by atoms with Gasteiger partial charge in [-0.1, -0.05) is 18.5 Å². The number of aryl methyl sites for hydroxylation is 1. The monoisotopic (exact) mass is 334 g/mol. The summed E-state index contributed by atoms with van der Waals surface area (Å²) in [5, 5.41) is 4.19. The van der Waals surface area contributed by atoms with Crippen molar-refractivity contribution in [2.45, 2.75) is 56.1 Å². The normalized spacial score (nSPS) is 23.7. The van der Waals surface area contributed by atoms with E-state index in [0.717, 1.165) is 32.1 Å². The lowest BCUT2D eigenvalue weighted by molar-refractivity contribution is 0.239. The second-order valence-corrected chi connectivity index (χ2v) is 7.82. The topological polar surface area (TPSA) is 81.2 Å². The standard InChI is InChI=1S/C13H23ClN4O2S/c1-3-8-18(11-6-4-10(15)5-7-11)21(19,20)13-12(14)9-16-17(13)2/h9-11H,3-8,15H2,1-2H3. The van der Waals surface area contributed by atoms with E-state index in [2.05, 4.69) is 5.10 Å². The molecule has 1 aliphatic carbocycles. The summed E-state index contributed by atoms with van der Waals surface area (Å²) in [6.07, 6.45) is 5.46. The third-order valence-electron chi connectivity index (χ3n) is 3.99. The Morgan fingerprint density at radius 3 is 2.52 bits per heavy atom. The Morgan fingerprint density at radius 1 is 1.43 bits per heavy atom. The highest BCUT2D eigenvalue weighted by Crippen LogP contribution is 2.30. The van der Waals surface area contributed by atoms with Gasteiger partial charge in [0.15, 0.2) is 5.03 Å². The largest absolute Gasteiger partial charge is 0.328 e. The molecule has 1 saturated carbocycles. The molecule has 1 heterocycles. The lowest BCUT2D eigenvalue weighted by Gasteiger charge is -2.35. The van der Waals surface area contributed by atoms with Crippen molar-refractivity contribution in [1.82, 2.24) is 14.1 Å². The Balaban J connectivity index is 2.33. The van der Waals surface area contributed by atoms with Crippen molar-refractivity contribution in [3.8, 4) is 0 Å². The number of sulfonamides is 1. The summed E-state index contributed by atoms with van der Waals surface area (Å²) in [4.78, 5) is 0. The van der Waals surface area contributed by atoms with Gasteiger partial charge in [0.1, 0.15) is 0 Å². The van der Waals surface area contributed by atoms with E-state index >= 15 is 0 Å². The molecule has 0 bridgehead atoms. The minimum Gasteiger partial charge on any atom is -0.328 e. The van der Waals surface area contributed by atoms with E-state index in [1.807, 2.05) is 6.92 Å². The fraction of sp³-hybridized carbons (Fsp3) is 0.769. The van der Waals surface area contributed by atoms with Crippen LogP contribution in [0.1, 0.15) is 39.0 Å². The quantitative estimate of drug-likeness (QED) is 0.889. The molecule has 0 amide bonds. The van der Waals surface area contributed by atoms with Crippen molar-refractivity contribution in [3.05, 3.63) is 11.2 Å². The second kappa shape index (κ2) is 6.64. The lowest BCUT2D eigenvalue weighted by Crippen LogP contribution is -2.45. The minimum absolute atomic E-state index is 0.000664. The van der Waals surface area contributed by atoms with E-state index in [4.69, 9.17) is 17.3 Å².